The van der Waals surface area contributed by atoms with Gasteiger partial charge in [0.1, 0.15) is 0 Å². The predicted molar refractivity (Wildman–Crippen MR) is 96.1 cm³/mol. The molecule has 1 heterocycles. The first kappa shape index (κ1) is 18.5. The van der Waals surface area contributed by atoms with E-state index < -0.39 is 0 Å². The van der Waals surface area contributed by atoms with Gasteiger partial charge in [-0.05, 0) is 38.1 Å². The molecule has 0 spiro atoms. The summed E-state index contributed by atoms with van der Waals surface area (Å²) in [5, 5.41) is 0.593. The van der Waals surface area contributed by atoms with Crippen molar-refractivity contribution in [2.75, 3.05) is 26.2 Å². The molecule has 1 aromatic carbocycles. The lowest BCUT2D eigenvalue weighted by Crippen LogP contribution is -2.55. The Balaban J connectivity index is 1.81. The number of halogens is 1. The molecular formula is C19H23ClN2O2. The molecule has 0 unspecified atom stereocenters. The maximum absolute atomic E-state index is 12.3. The number of carbonyl (C=O) groups excluding carboxylic acids is 2. The average Bonchev–Trinajstić information content (AvgIpc) is 2.60. The number of nitrogens with zero attached hydrogens (tertiary/aromatic N) is 2. The Hall–Kier alpha value is -1.83. The monoisotopic (exact) mass is 346 g/mol. The maximum atomic E-state index is 12.3. The zero-order chi connectivity index (χ0) is 17.7. The summed E-state index contributed by atoms with van der Waals surface area (Å²) in [7, 11) is 0. The van der Waals surface area contributed by atoms with Crippen molar-refractivity contribution < 1.29 is 9.59 Å². The Morgan fingerprint density at radius 2 is 1.71 bits per heavy atom. The predicted octanol–water partition coefficient (Wildman–Crippen LogP) is 2.86. The zero-order valence-corrected chi connectivity index (χ0v) is 15.0. The van der Waals surface area contributed by atoms with Crippen molar-refractivity contribution >= 4 is 23.3 Å². The number of hydrogen-bond donors (Lipinski definition) is 0. The van der Waals surface area contributed by atoms with E-state index in [1.807, 2.05) is 18.7 Å². The van der Waals surface area contributed by atoms with E-state index in [4.69, 9.17) is 18.0 Å². The van der Waals surface area contributed by atoms with Crippen LogP contribution in [0.2, 0.25) is 5.02 Å². The van der Waals surface area contributed by atoms with Crippen molar-refractivity contribution in [1.29, 1.82) is 0 Å². The lowest BCUT2D eigenvalue weighted by Gasteiger charge is -2.41. The summed E-state index contributed by atoms with van der Waals surface area (Å²) in [6.45, 7) is 6.84. The molecule has 0 atom stereocenters. The van der Waals surface area contributed by atoms with Crippen LogP contribution in [-0.2, 0) is 4.79 Å². The first-order valence-electron chi connectivity index (χ1n) is 8.13. The highest BCUT2D eigenvalue weighted by molar-refractivity contribution is 6.30. The van der Waals surface area contributed by atoms with E-state index in [0.29, 0.717) is 23.7 Å². The summed E-state index contributed by atoms with van der Waals surface area (Å²) in [4.78, 5) is 28.5. The van der Waals surface area contributed by atoms with Crippen LogP contribution in [-0.4, -0.2) is 53.2 Å². The van der Waals surface area contributed by atoms with Crippen LogP contribution in [0, 0.1) is 12.3 Å². The number of hydrogen-bond acceptors (Lipinski definition) is 3. The lowest BCUT2D eigenvalue weighted by molar-refractivity contribution is -0.133. The van der Waals surface area contributed by atoms with Crippen LogP contribution in [0.15, 0.2) is 24.3 Å². The van der Waals surface area contributed by atoms with E-state index in [1.54, 1.807) is 24.3 Å². The molecule has 1 fully saturated rings. The van der Waals surface area contributed by atoms with Crippen LogP contribution in [0.25, 0.3) is 0 Å². The number of ketones is 1. The fraction of sp³-hybridized carbons (Fsp3) is 0.474. The van der Waals surface area contributed by atoms with Gasteiger partial charge in [-0.15, -0.1) is 6.42 Å². The molecule has 1 aromatic rings. The van der Waals surface area contributed by atoms with Crippen LogP contribution in [0.4, 0.5) is 0 Å². The second-order valence-electron chi connectivity index (χ2n) is 6.50. The minimum absolute atomic E-state index is 0.0236. The summed E-state index contributed by atoms with van der Waals surface area (Å²) in [6, 6.07) is 6.75. The van der Waals surface area contributed by atoms with Crippen LogP contribution in [0.5, 0.6) is 0 Å². The van der Waals surface area contributed by atoms with Gasteiger partial charge in [-0.3, -0.25) is 14.5 Å². The molecule has 128 valence electrons. The third-order valence-electron chi connectivity index (χ3n) is 4.51. The van der Waals surface area contributed by atoms with Gasteiger partial charge in [0.05, 0.1) is 5.54 Å². The summed E-state index contributed by atoms with van der Waals surface area (Å²) in [5.41, 5.74) is 0.299. The molecule has 0 bridgehead atoms. The van der Waals surface area contributed by atoms with Gasteiger partial charge in [0.15, 0.2) is 5.78 Å². The number of Topliss-reactive ketones (excluding diaryl/α,β-unsaturated/α-hetero) is 1. The van der Waals surface area contributed by atoms with E-state index in [1.165, 1.54) is 0 Å². The summed E-state index contributed by atoms with van der Waals surface area (Å²) < 4.78 is 0. The molecule has 5 heteroatoms. The number of carbonyl (C=O) groups is 2. The van der Waals surface area contributed by atoms with Gasteiger partial charge >= 0.3 is 0 Å². The fourth-order valence-corrected chi connectivity index (χ4v) is 2.89. The standard InChI is InChI=1S/C19H23ClN2O2/c1-4-19(2,3)22-13-11-21(12-14-22)18(24)10-9-17(23)15-5-7-16(20)8-6-15/h1,5-8H,9-14H2,2-3H3. The van der Waals surface area contributed by atoms with Crippen molar-refractivity contribution in [2.24, 2.45) is 0 Å². The molecule has 0 radical (unpaired) electrons. The Morgan fingerprint density at radius 1 is 1.12 bits per heavy atom. The molecule has 0 aromatic heterocycles. The number of terminal acetylenes is 1. The Labute approximate surface area is 148 Å². The second kappa shape index (κ2) is 7.83. The number of piperazine rings is 1. The van der Waals surface area contributed by atoms with E-state index in [-0.39, 0.29) is 30.1 Å². The second-order valence-corrected chi connectivity index (χ2v) is 6.94. The Morgan fingerprint density at radius 3 is 2.25 bits per heavy atom. The molecule has 1 aliphatic rings. The van der Waals surface area contributed by atoms with Gasteiger partial charge in [0.2, 0.25) is 5.91 Å². The number of rotatable bonds is 5. The molecule has 4 nitrogen and oxygen atoms in total. The molecule has 2 rings (SSSR count). The van der Waals surface area contributed by atoms with Crippen LogP contribution < -0.4 is 0 Å². The highest BCUT2D eigenvalue weighted by atomic mass is 35.5. The summed E-state index contributed by atoms with van der Waals surface area (Å²) in [5.74, 6) is 2.77. The fourth-order valence-electron chi connectivity index (χ4n) is 2.76. The minimum Gasteiger partial charge on any atom is -0.340 e. The van der Waals surface area contributed by atoms with E-state index in [2.05, 4.69) is 10.8 Å². The normalized spacial score (nSPS) is 15.8. The first-order chi connectivity index (χ1) is 11.3. The van der Waals surface area contributed by atoms with Crippen LogP contribution in [0.3, 0.4) is 0 Å². The smallest absolute Gasteiger partial charge is 0.223 e. The molecule has 1 saturated heterocycles. The van der Waals surface area contributed by atoms with E-state index >= 15 is 0 Å². The third-order valence-corrected chi connectivity index (χ3v) is 4.76. The highest BCUT2D eigenvalue weighted by Crippen LogP contribution is 2.17. The molecule has 0 aliphatic carbocycles. The van der Waals surface area contributed by atoms with Gasteiger partial charge in [0.25, 0.3) is 0 Å². The summed E-state index contributed by atoms with van der Waals surface area (Å²) >= 11 is 5.81. The van der Waals surface area contributed by atoms with Crippen molar-refractivity contribution in [1.82, 2.24) is 9.80 Å². The molecular weight excluding hydrogens is 324 g/mol. The van der Waals surface area contributed by atoms with Gasteiger partial charge in [-0.2, -0.15) is 0 Å². The largest absolute Gasteiger partial charge is 0.340 e. The topological polar surface area (TPSA) is 40.6 Å². The Bertz CT molecular complexity index is 638. The summed E-state index contributed by atoms with van der Waals surface area (Å²) in [6.07, 6.45) is 6.01. The quantitative estimate of drug-likeness (QED) is 0.608. The van der Waals surface area contributed by atoms with Gasteiger partial charge in [-0.1, -0.05) is 17.5 Å². The number of amides is 1. The van der Waals surface area contributed by atoms with Crippen molar-refractivity contribution in [3.8, 4) is 12.3 Å². The third kappa shape index (κ3) is 4.59. The van der Waals surface area contributed by atoms with Crippen LogP contribution >= 0.6 is 11.6 Å². The van der Waals surface area contributed by atoms with Crippen molar-refractivity contribution in [2.45, 2.75) is 32.2 Å². The number of benzene rings is 1. The van der Waals surface area contributed by atoms with E-state index in [0.717, 1.165) is 13.1 Å². The van der Waals surface area contributed by atoms with Crippen molar-refractivity contribution in [3.05, 3.63) is 34.9 Å². The molecule has 0 saturated carbocycles. The SMILES string of the molecule is C#CC(C)(C)N1CCN(C(=O)CCC(=O)c2ccc(Cl)cc2)CC1. The van der Waals surface area contributed by atoms with Crippen molar-refractivity contribution in [3.63, 3.8) is 0 Å². The maximum Gasteiger partial charge on any atom is 0.223 e. The van der Waals surface area contributed by atoms with Gasteiger partial charge < -0.3 is 4.90 Å². The minimum atomic E-state index is -0.292. The Kier molecular flexibility index (Phi) is 6.04. The van der Waals surface area contributed by atoms with Crippen LogP contribution in [0.1, 0.15) is 37.0 Å². The average molecular weight is 347 g/mol. The molecule has 1 aliphatic heterocycles. The lowest BCUT2D eigenvalue weighted by atomic mass is 10.0. The van der Waals surface area contributed by atoms with E-state index in [9.17, 15) is 9.59 Å². The molecule has 24 heavy (non-hydrogen) atoms. The van der Waals surface area contributed by atoms with Gasteiger partial charge in [-0.25, -0.2) is 0 Å². The first-order valence-corrected chi connectivity index (χ1v) is 8.50. The van der Waals surface area contributed by atoms with Gasteiger partial charge in [0, 0.05) is 49.6 Å². The molecule has 1 amide bonds. The highest BCUT2D eigenvalue weighted by Gasteiger charge is 2.29. The molecule has 0 N–H and O–H groups in total. The zero-order valence-electron chi connectivity index (χ0n) is 14.2.